The highest BCUT2D eigenvalue weighted by Crippen LogP contribution is 2.42. The standard InChI is InChI=1S/C14H11F2N3O2S.C2H6/c15-14(16)2-8-7-1-10(6-4-17-18-5-6)22-12(7)13(21)19-11(8)9(20)3-14;1-2/h1,4-5,9,20H,2-3H2,(H,17,18)(H,19,21);1-2H3. The Morgan fingerprint density at radius 1 is 1.42 bits per heavy atom. The van der Waals surface area contributed by atoms with Gasteiger partial charge in [0.2, 0.25) is 0 Å². The average molecular weight is 353 g/mol. The van der Waals surface area contributed by atoms with Crippen LogP contribution < -0.4 is 5.56 Å². The molecule has 0 saturated heterocycles. The number of aromatic nitrogens is 3. The molecule has 0 fully saturated rings. The summed E-state index contributed by atoms with van der Waals surface area (Å²) in [5, 5.41) is 16.9. The van der Waals surface area contributed by atoms with Crippen molar-refractivity contribution in [1.29, 1.82) is 0 Å². The highest BCUT2D eigenvalue weighted by molar-refractivity contribution is 7.22. The first-order chi connectivity index (χ1) is 11.4. The number of halogens is 2. The zero-order valence-electron chi connectivity index (χ0n) is 13.2. The number of nitrogens with one attached hydrogen (secondary N) is 2. The second kappa shape index (κ2) is 6.10. The van der Waals surface area contributed by atoms with Crippen LogP contribution in [0.2, 0.25) is 0 Å². The molecule has 0 saturated carbocycles. The maximum atomic E-state index is 13.8. The first kappa shape index (κ1) is 16.8. The van der Waals surface area contributed by atoms with Gasteiger partial charge in [-0.2, -0.15) is 5.10 Å². The van der Waals surface area contributed by atoms with Crippen LogP contribution in [0.3, 0.4) is 0 Å². The van der Waals surface area contributed by atoms with Crippen molar-refractivity contribution in [3.05, 3.63) is 40.1 Å². The molecule has 24 heavy (non-hydrogen) atoms. The fourth-order valence-corrected chi connectivity index (χ4v) is 3.96. The Morgan fingerprint density at radius 3 is 2.83 bits per heavy atom. The molecule has 0 bridgehead atoms. The van der Waals surface area contributed by atoms with Gasteiger partial charge in [-0.1, -0.05) is 13.8 Å². The molecule has 0 radical (unpaired) electrons. The molecule has 128 valence electrons. The summed E-state index contributed by atoms with van der Waals surface area (Å²) in [5.41, 5.74) is 0.958. The van der Waals surface area contributed by atoms with Gasteiger partial charge in [0, 0.05) is 34.9 Å². The van der Waals surface area contributed by atoms with Gasteiger partial charge < -0.3 is 10.1 Å². The van der Waals surface area contributed by atoms with Crippen LogP contribution in [-0.2, 0) is 6.42 Å². The van der Waals surface area contributed by atoms with Crippen molar-refractivity contribution in [1.82, 2.24) is 15.2 Å². The van der Waals surface area contributed by atoms with Gasteiger partial charge >= 0.3 is 0 Å². The van der Waals surface area contributed by atoms with Crippen molar-refractivity contribution in [2.75, 3.05) is 0 Å². The van der Waals surface area contributed by atoms with Crippen molar-refractivity contribution in [3.8, 4) is 10.4 Å². The smallest absolute Gasteiger partial charge is 0.266 e. The third-order valence-corrected chi connectivity index (χ3v) is 5.06. The van der Waals surface area contributed by atoms with Gasteiger partial charge in [0.1, 0.15) is 4.70 Å². The Bertz CT molecular complexity index is 915. The number of H-pyrrole nitrogens is 2. The Labute approximate surface area is 140 Å². The Balaban J connectivity index is 0.000000815. The lowest BCUT2D eigenvalue weighted by Crippen LogP contribution is -2.31. The summed E-state index contributed by atoms with van der Waals surface area (Å²) in [6.45, 7) is 4.00. The minimum Gasteiger partial charge on any atom is -0.387 e. The number of hydrogen-bond acceptors (Lipinski definition) is 4. The lowest BCUT2D eigenvalue weighted by atomic mass is 9.89. The number of rotatable bonds is 1. The van der Waals surface area contributed by atoms with Gasteiger partial charge in [-0.25, -0.2) is 8.78 Å². The molecule has 0 aromatic carbocycles. The van der Waals surface area contributed by atoms with E-state index in [4.69, 9.17) is 0 Å². The average Bonchev–Trinajstić information content (AvgIpc) is 3.18. The third-order valence-electron chi connectivity index (χ3n) is 3.88. The van der Waals surface area contributed by atoms with Crippen molar-refractivity contribution >= 4 is 21.4 Å². The molecule has 5 nitrogen and oxygen atoms in total. The monoisotopic (exact) mass is 353 g/mol. The number of aromatic amines is 2. The molecule has 0 spiro atoms. The summed E-state index contributed by atoms with van der Waals surface area (Å²) < 4.78 is 27.9. The van der Waals surface area contributed by atoms with Gasteiger partial charge in [-0.3, -0.25) is 9.89 Å². The SMILES string of the molecule is CC.O=c1[nH]c2c(c3cc(-c4cn[nH]c4)sc13)CC(F)(F)CC2O. The molecular formula is C16H17F2N3O2S. The van der Waals surface area contributed by atoms with Gasteiger partial charge in [-0.05, 0) is 11.6 Å². The summed E-state index contributed by atoms with van der Waals surface area (Å²) >= 11 is 1.23. The Morgan fingerprint density at radius 2 is 2.17 bits per heavy atom. The van der Waals surface area contributed by atoms with Crippen LogP contribution in [0.1, 0.15) is 37.6 Å². The first-order valence-electron chi connectivity index (χ1n) is 7.68. The lowest BCUT2D eigenvalue weighted by molar-refractivity contribution is -0.0551. The van der Waals surface area contributed by atoms with Crippen molar-refractivity contribution < 1.29 is 13.9 Å². The van der Waals surface area contributed by atoms with Gasteiger partial charge in [0.15, 0.2) is 0 Å². The predicted octanol–water partition coefficient (Wildman–Crippen LogP) is 3.62. The van der Waals surface area contributed by atoms with E-state index in [9.17, 15) is 18.7 Å². The minimum absolute atomic E-state index is 0.208. The summed E-state index contributed by atoms with van der Waals surface area (Å²) in [5.74, 6) is -2.98. The molecule has 3 heterocycles. The highest BCUT2D eigenvalue weighted by Gasteiger charge is 2.40. The topological polar surface area (TPSA) is 81.8 Å². The Kier molecular flexibility index (Phi) is 4.27. The van der Waals surface area contributed by atoms with Crippen LogP contribution >= 0.6 is 11.3 Å². The number of nitrogens with zero attached hydrogens (tertiary/aromatic N) is 1. The summed E-state index contributed by atoms with van der Waals surface area (Å²) in [7, 11) is 0. The summed E-state index contributed by atoms with van der Waals surface area (Å²) in [6.07, 6.45) is 0.783. The second-order valence-electron chi connectivity index (χ2n) is 5.44. The van der Waals surface area contributed by atoms with Gasteiger partial charge in [0.25, 0.3) is 11.5 Å². The van der Waals surface area contributed by atoms with E-state index >= 15 is 0 Å². The van der Waals surface area contributed by atoms with Crippen LogP contribution in [0.25, 0.3) is 20.5 Å². The molecule has 4 rings (SSSR count). The fourth-order valence-electron chi connectivity index (χ4n) is 2.90. The van der Waals surface area contributed by atoms with E-state index in [0.29, 0.717) is 15.6 Å². The Hall–Kier alpha value is -2.06. The molecule has 1 aliphatic carbocycles. The number of fused-ring (bicyclic) bond motifs is 3. The second-order valence-corrected chi connectivity index (χ2v) is 6.49. The zero-order chi connectivity index (χ0) is 17.5. The van der Waals surface area contributed by atoms with E-state index in [1.165, 1.54) is 11.3 Å². The molecule has 1 atom stereocenters. The van der Waals surface area contributed by atoms with Crippen LogP contribution in [-0.4, -0.2) is 26.2 Å². The van der Waals surface area contributed by atoms with E-state index in [1.807, 2.05) is 13.8 Å². The third kappa shape index (κ3) is 2.76. The number of hydrogen-bond donors (Lipinski definition) is 3. The lowest BCUT2D eigenvalue weighted by Gasteiger charge is -2.28. The molecule has 3 aromatic rings. The van der Waals surface area contributed by atoms with Crippen molar-refractivity contribution in [2.24, 2.45) is 0 Å². The number of pyridine rings is 1. The van der Waals surface area contributed by atoms with Gasteiger partial charge in [0.05, 0.1) is 18.0 Å². The number of thiophene rings is 1. The normalized spacial score (nSPS) is 18.8. The molecule has 8 heteroatoms. The maximum absolute atomic E-state index is 13.8. The largest absolute Gasteiger partial charge is 0.387 e. The van der Waals surface area contributed by atoms with E-state index < -0.39 is 24.9 Å². The summed E-state index contributed by atoms with van der Waals surface area (Å²) in [4.78, 5) is 15.5. The molecule has 3 aromatic heterocycles. The fraction of sp³-hybridized carbons (Fsp3) is 0.375. The molecule has 1 aliphatic rings. The van der Waals surface area contributed by atoms with Crippen LogP contribution in [0.4, 0.5) is 8.78 Å². The van der Waals surface area contributed by atoms with Crippen molar-refractivity contribution in [2.45, 2.75) is 38.7 Å². The van der Waals surface area contributed by atoms with Crippen LogP contribution in [0.5, 0.6) is 0 Å². The van der Waals surface area contributed by atoms with E-state index in [2.05, 4.69) is 15.2 Å². The molecule has 0 amide bonds. The van der Waals surface area contributed by atoms with Crippen molar-refractivity contribution in [3.63, 3.8) is 0 Å². The number of aliphatic hydroxyl groups excluding tert-OH is 1. The predicted molar refractivity (Wildman–Crippen MR) is 89.6 cm³/mol. The maximum Gasteiger partial charge on any atom is 0.266 e. The van der Waals surface area contributed by atoms with Gasteiger partial charge in [-0.15, -0.1) is 11.3 Å². The van der Waals surface area contributed by atoms with E-state index in [0.717, 1.165) is 10.4 Å². The van der Waals surface area contributed by atoms with E-state index in [1.54, 1.807) is 18.5 Å². The molecule has 0 aliphatic heterocycles. The number of aliphatic hydroxyl groups is 1. The van der Waals surface area contributed by atoms with Crippen LogP contribution in [0.15, 0.2) is 23.3 Å². The molecule has 1 unspecified atom stereocenters. The highest BCUT2D eigenvalue weighted by atomic mass is 32.1. The molecule has 3 N–H and O–H groups in total. The molecular weight excluding hydrogens is 336 g/mol. The summed E-state index contributed by atoms with van der Waals surface area (Å²) in [6, 6.07) is 1.72. The number of alkyl halides is 2. The first-order valence-corrected chi connectivity index (χ1v) is 8.50. The quantitative estimate of drug-likeness (QED) is 0.625. The van der Waals surface area contributed by atoms with Crippen LogP contribution in [0, 0.1) is 0 Å². The van der Waals surface area contributed by atoms with E-state index in [-0.39, 0.29) is 11.3 Å². The minimum atomic E-state index is -2.98. The zero-order valence-corrected chi connectivity index (χ0v) is 14.0.